The summed E-state index contributed by atoms with van der Waals surface area (Å²) in [6.07, 6.45) is 0. The van der Waals surface area contributed by atoms with E-state index >= 15 is 0 Å². The molecule has 3 N–H and O–H groups in total. The average Bonchev–Trinajstić information content (AvgIpc) is 2.32. The number of halogens is 2. The van der Waals surface area contributed by atoms with Crippen molar-refractivity contribution in [3.05, 3.63) is 29.3 Å². The van der Waals surface area contributed by atoms with Crippen molar-refractivity contribution in [2.45, 2.75) is 19.4 Å². The number of carbonyl (C=O) groups excluding carboxylic acids is 1. The van der Waals surface area contributed by atoms with Gasteiger partial charge in [0.15, 0.2) is 5.82 Å². The maximum Gasteiger partial charge on any atom is 0.257 e. The number of nitrogens with one attached hydrogen (secondary N) is 1. The van der Waals surface area contributed by atoms with Gasteiger partial charge in [0.25, 0.3) is 5.91 Å². The first-order valence-electron chi connectivity index (χ1n) is 5.86. The summed E-state index contributed by atoms with van der Waals surface area (Å²) in [5.41, 5.74) is 4.10. The topological polar surface area (TPSA) is 58.4 Å². The van der Waals surface area contributed by atoms with Gasteiger partial charge in [-0.05, 0) is 40.1 Å². The van der Waals surface area contributed by atoms with Crippen molar-refractivity contribution in [1.82, 2.24) is 10.2 Å². The van der Waals surface area contributed by atoms with E-state index in [1.165, 1.54) is 0 Å². The number of hydrogen-bond acceptors (Lipinski definition) is 3. The molecular formula is C13H19F2N3O. The fraction of sp³-hybridized carbons (Fsp3) is 0.462. The van der Waals surface area contributed by atoms with Crippen LogP contribution in [0.15, 0.2) is 12.1 Å². The van der Waals surface area contributed by atoms with Crippen LogP contribution in [0, 0.1) is 11.6 Å². The van der Waals surface area contributed by atoms with Gasteiger partial charge in [-0.1, -0.05) is 0 Å². The van der Waals surface area contributed by atoms with Crippen molar-refractivity contribution >= 4 is 11.6 Å². The zero-order chi connectivity index (χ0) is 14.8. The predicted molar refractivity (Wildman–Crippen MR) is 70.9 cm³/mol. The first-order valence-corrected chi connectivity index (χ1v) is 5.86. The lowest BCUT2D eigenvalue weighted by molar-refractivity contribution is 0.0911. The first-order chi connectivity index (χ1) is 8.66. The molecule has 0 fully saturated rings. The first kappa shape index (κ1) is 15.4. The van der Waals surface area contributed by atoms with Gasteiger partial charge in [-0.15, -0.1) is 0 Å². The Morgan fingerprint density at radius 3 is 2.47 bits per heavy atom. The summed E-state index contributed by atoms with van der Waals surface area (Å²) < 4.78 is 27.1. The number of nitrogen functional groups attached to an aromatic ring is 1. The van der Waals surface area contributed by atoms with Gasteiger partial charge in [-0.3, -0.25) is 4.79 Å². The lowest BCUT2D eigenvalue weighted by atomic mass is 10.0. The molecule has 0 bridgehead atoms. The van der Waals surface area contributed by atoms with Gasteiger partial charge in [0.05, 0.1) is 5.69 Å². The molecule has 0 aliphatic carbocycles. The van der Waals surface area contributed by atoms with Gasteiger partial charge in [-0.25, -0.2) is 8.78 Å². The van der Waals surface area contributed by atoms with Crippen molar-refractivity contribution in [3.63, 3.8) is 0 Å². The van der Waals surface area contributed by atoms with Gasteiger partial charge in [0, 0.05) is 12.1 Å². The van der Waals surface area contributed by atoms with E-state index in [9.17, 15) is 13.6 Å². The summed E-state index contributed by atoms with van der Waals surface area (Å²) in [5, 5.41) is 2.51. The van der Waals surface area contributed by atoms with Crippen molar-refractivity contribution in [1.29, 1.82) is 0 Å². The molecule has 4 nitrogen and oxygen atoms in total. The molecular weight excluding hydrogens is 252 g/mol. The molecule has 106 valence electrons. The fourth-order valence-electron chi connectivity index (χ4n) is 1.32. The van der Waals surface area contributed by atoms with Crippen molar-refractivity contribution in [2.75, 3.05) is 26.4 Å². The highest BCUT2D eigenvalue weighted by molar-refractivity contribution is 5.95. The monoisotopic (exact) mass is 271 g/mol. The Labute approximate surface area is 111 Å². The zero-order valence-corrected chi connectivity index (χ0v) is 11.6. The van der Waals surface area contributed by atoms with Crippen LogP contribution < -0.4 is 11.1 Å². The molecule has 1 amide bonds. The lowest BCUT2D eigenvalue weighted by Crippen LogP contribution is -2.48. The normalized spacial score (nSPS) is 11.7. The van der Waals surface area contributed by atoms with E-state index in [0.717, 1.165) is 12.1 Å². The molecule has 6 heteroatoms. The van der Waals surface area contributed by atoms with E-state index in [2.05, 4.69) is 5.32 Å². The minimum atomic E-state index is -1.03. The Kier molecular flexibility index (Phi) is 4.47. The molecule has 1 rings (SSSR count). The molecule has 0 radical (unpaired) electrons. The highest BCUT2D eigenvalue weighted by Crippen LogP contribution is 2.18. The highest BCUT2D eigenvalue weighted by atomic mass is 19.1. The van der Waals surface area contributed by atoms with Gasteiger partial charge >= 0.3 is 0 Å². The number of likely N-dealkylation sites (N-methyl/N-ethyl adjacent to an activating group) is 1. The Balaban J connectivity index is 2.89. The van der Waals surface area contributed by atoms with Gasteiger partial charge < -0.3 is 16.0 Å². The standard InChI is InChI=1S/C13H19F2N3O/c1-13(2,18(3)4)7-17-12(19)10-8(14)5-6-9(16)11(10)15/h5-6H,7,16H2,1-4H3,(H,17,19). The van der Waals surface area contributed by atoms with Crippen LogP contribution in [-0.4, -0.2) is 37.0 Å². The summed E-state index contributed by atoms with van der Waals surface area (Å²) >= 11 is 0. The van der Waals surface area contributed by atoms with Crippen LogP contribution in [0.1, 0.15) is 24.2 Å². The highest BCUT2D eigenvalue weighted by Gasteiger charge is 2.24. The molecule has 0 aliphatic rings. The molecule has 0 saturated heterocycles. The maximum atomic E-state index is 13.7. The molecule has 0 saturated carbocycles. The number of amides is 1. The second-order valence-corrected chi connectivity index (χ2v) is 5.22. The summed E-state index contributed by atoms with van der Waals surface area (Å²) in [6.45, 7) is 4.06. The molecule has 0 spiro atoms. The SMILES string of the molecule is CN(C)C(C)(C)CNC(=O)c1c(F)ccc(N)c1F. The number of benzene rings is 1. The van der Waals surface area contributed by atoms with E-state index in [0.29, 0.717) is 0 Å². The smallest absolute Gasteiger partial charge is 0.257 e. The number of hydrogen-bond donors (Lipinski definition) is 2. The third kappa shape index (κ3) is 3.41. The third-order valence-electron chi connectivity index (χ3n) is 3.24. The molecule has 0 atom stereocenters. The number of carbonyl (C=O) groups is 1. The second kappa shape index (κ2) is 5.52. The third-order valence-corrected chi connectivity index (χ3v) is 3.24. The van der Waals surface area contributed by atoms with Gasteiger partial charge in [0.2, 0.25) is 0 Å². The van der Waals surface area contributed by atoms with Crippen LogP contribution in [0.25, 0.3) is 0 Å². The van der Waals surface area contributed by atoms with Crippen LogP contribution in [0.3, 0.4) is 0 Å². The molecule has 0 aliphatic heterocycles. The van der Waals surface area contributed by atoms with E-state index in [1.54, 1.807) is 0 Å². The Bertz CT molecular complexity index is 487. The maximum absolute atomic E-state index is 13.7. The molecule has 0 aromatic heterocycles. The van der Waals surface area contributed by atoms with Crippen LogP contribution in [0.4, 0.5) is 14.5 Å². The Hall–Kier alpha value is -1.69. The van der Waals surface area contributed by atoms with Crippen LogP contribution in [0.5, 0.6) is 0 Å². The molecule has 19 heavy (non-hydrogen) atoms. The van der Waals surface area contributed by atoms with Crippen molar-refractivity contribution in [2.24, 2.45) is 0 Å². The van der Waals surface area contributed by atoms with E-state index in [1.807, 2.05) is 32.8 Å². The quantitative estimate of drug-likeness (QED) is 0.818. The molecule has 1 aromatic rings. The fourth-order valence-corrected chi connectivity index (χ4v) is 1.32. The summed E-state index contributed by atoms with van der Waals surface area (Å²) in [5.74, 6) is -2.76. The predicted octanol–water partition coefficient (Wildman–Crippen LogP) is 1.62. The minimum absolute atomic E-state index is 0.251. The summed E-state index contributed by atoms with van der Waals surface area (Å²) in [6, 6.07) is 2.07. The minimum Gasteiger partial charge on any atom is -0.396 e. The summed E-state index contributed by atoms with van der Waals surface area (Å²) in [4.78, 5) is 13.7. The largest absolute Gasteiger partial charge is 0.396 e. The number of anilines is 1. The lowest BCUT2D eigenvalue weighted by Gasteiger charge is -2.32. The van der Waals surface area contributed by atoms with Crippen LogP contribution in [0.2, 0.25) is 0 Å². The molecule has 0 heterocycles. The van der Waals surface area contributed by atoms with Crippen molar-refractivity contribution < 1.29 is 13.6 Å². The Morgan fingerprint density at radius 1 is 1.37 bits per heavy atom. The number of nitrogens with zero attached hydrogens (tertiary/aromatic N) is 1. The van der Waals surface area contributed by atoms with Crippen LogP contribution >= 0.6 is 0 Å². The number of rotatable bonds is 4. The zero-order valence-electron chi connectivity index (χ0n) is 11.6. The van der Waals surface area contributed by atoms with Gasteiger partial charge in [-0.2, -0.15) is 0 Å². The average molecular weight is 271 g/mol. The van der Waals surface area contributed by atoms with E-state index in [4.69, 9.17) is 5.73 Å². The molecule has 1 aromatic carbocycles. The van der Waals surface area contributed by atoms with Gasteiger partial charge in [0.1, 0.15) is 11.4 Å². The van der Waals surface area contributed by atoms with E-state index < -0.39 is 23.1 Å². The van der Waals surface area contributed by atoms with Crippen LogP contribution in [-0.2, 0) is 0 Å². The molecule has 0 unspecified atom stereocenters. The van der Waals surface area contributed by atoms with Crippen molar-refractivity contribution in [3.8, 4) is 0 Å². The second-order valence-electron chi connectivity index (χ2n) is 5.22. The van der Waals surface area contributed by atoms with E-state index in [-0.39, 0.29) is 17.8 Å². The number of nitrogens with two attached hydrogens (primary N) is 1. The summed E-state index contributed by atoms with van der Waals surface area (Å²) in [7, 11) is 3.71. The Morgan fingerprint density at radius 2 is 1.95 bits per heavy atom.